The van der Waals surface area contributed by atoms with Crippen LogP contribution in [0.3, 0.4) is 0 Å². The Morgan fingerprint density at radius 3 is 2.95 bits per heavy atom. The number of benzene rings is 1. The molecule has 7 nitrogen and oxygen atoms in total. The molecule has 1 aromatic carbocycles. The van der Waals surface area contributed by atoms with Crippen LogP contribution in [0.4, 0.5) is 5.69 Å². The van der Waals surface area contributed by atoms with E-state index < -0.39 is 5.97 Å². The third-order valence-electron chi connectivity index (χ3n) is 2.94. The summed E-state index contributed by atoms with van der Waals surface area (Å²) >= 11 is 0. The molecule has 0 saturated carbocycles. The van der Waals surface area contributed by atoms with E-state index in [4.69, 9.17) is 5.73 Å². The second-order valence-electron chi connectivity index (χ2n) is 4.10. The van der Waals surface area contributed by atoms with Crippen LogP contribution in [-0.2, 0) is 4.74 Å². The molecule has 7 heteroatoms. The standard InChI is InChI=1S/C13H11N5O2/c1-20-13(19)12-16-7-18(17-12)11-3-2-10(14)8-4-5-15-6-9(8)11/h2-7H,14H2,1H3. The van der Waals surface area contributed by atoms with Gasteiger partial charge < -0.3 is 10.5 Å². The molecule has 0 bridgehead atoms. The van der Waals surface area contributed by atoms with Crippen molar-refractivity contribution in [1.82, 2.24) is 19.7 Å². The van der Waals surface area contributed by atoms with Gasteiger partial charge in [-0.3, -0.25) is 4.98 Å². The zero-order chi connectivity index (χ0) is 14.1. The van der Waals surface area contributed by atoms with E-state index in [2.05, 4.69) is 19.8 Å². The lowest BCUT2D eigenvalue weighted by Gasteiger charge is -2.07. The van der Waals surface area contributed by atoms with Gasteiger partial charge in [0.25, 0.3) is 5.82 Å². The molecule has 3 aromatic rings. The predicted octanol–water partition coefficient (Wildman–Crippen LogP) is 1.18. The lowest BCUT2D eigenvalue weighted by molar-refractivity contribution is 0.0587. The molecule has 0 amide bonds. The highest BCUT2D eigenvalue weighted by Gasteiger charge is 2.13. The molecule has 0 spiro atoms. The van der Waals surface area contributed by atoms with Crippen molar-refractivity contribution in [2.45, 2.75) is 0 Å². The summed E-state index contributed by atoms with van der Waals surface area (Å²) in [5.74, 6) is -0.581. The first-order chi connectivity index (χ1) is 9.70. The molecule has 0 aliphatic heterocycles. The minimum Gasteiger partial charge on any atom is -0.463 e. The molecule has 0 saturated heterocycles. The maximum absolute atomic E-state index is 11.4. The van der Waals surface area contributed by atoms with Gasteiger partial charge in [-0.2, -0.15) is 0 Å². The summed E-state index contributed by atoms with van der Waals surface area (Å²) in [5, 5.41) is 5.79. The number of methoxy groups -OCH3 is 1. The van der Waals surface area contributed by atoms with Crippen LogP contribution in [-0.4, -0.2) is 32.8 Å². The van der Waals surface area contributed by atoms with Crippen molar-refractivity contribution in [3.8, 4) is 5.69 Å². The Kier molecular flexibility index (Phi) is 2.79. The van der Waals surface area contributed by atoms with E-state index in [1.54, 1.807) is 24.5 Å². The van der Waals surface area contributed by atoms with Gasteiger partial charge in [-0.25, -0.2) is 14.5 Å². The summed E-state index contributed by atoms with van der Waals surface area (Å²) < 4.78 is 6.08. The topological polar surface area (TPSA) is 95.9 Å². The lowest BCUT2D eigenvalue weighted by Crippen LogP contribution is -2.05. The lowest BCUT2D eigenvalue weighted by atomic mass is 10.1. The summed E-state index contributed by atoms with van der Waals surface area (Å²) in [6, 6.07) is 5.40. The fraction of sp³-hybridized carbons (Fsp3) is 0.0769. The molecular formula is C13H11N5O2. The van der Waals surface area contributed by atoms with Gasteiger partial charge in [-0.1, -0.05) is 0 Å². The normalized spacial score (nSPS) is 10.7. The monoisotopic (exact) mass is 269 g/mol. The Hall–Kier alpha value is -2.96. The number of nitrogen functional groups attached to an aromatic ring is 1. The largest absolute Gasteiger partial charge is 0.463 e. The molecule has 2 N–H and O–H groups in total. The Morgan fingerprint density at radius 1 is 1.30 bits per heavy atom. The van der Waals surface area contributed by atoms with E-state index in [0.29, 0.717) is 5.69 Å². The van der Waals surface area contributed by atoms with Gasteiger partial charge in [0.15, 0.2) is 0 Å². The average molecular weight is 269 g/mol. The third kappa shape index (κ3) is 1.85. The molecule has 3 rings (SSSR count). The van der Waals surface area contributed by atoms with Crippen LogP contribution in [0.15, 0.2) is 36.9 Å². The second kappa shape index (κ2) is 4.61. The first kappa shape index (κ1) is 12.1. The average Bonchev–Trinajstić information content (AvgIpc) is 2.97. The van der Waals surface area contributed by atoms with Gasteiger partial charge in [-0.15, -0.1) is 5.10 Å². The number of aromatic nitrogens is 4. The Morgan fingerprint density at radius 2 is 2.15 bits per heavy atom. The van der Waals surface area contributed by atoms with Crippen LogP contribution in [0.1, 0.15) is 10.6 Å². The van der Waals surface area contributed by atoms with Crippen molar-refractivity contribution in [2.75, 3.05) is 12.8 Å². The minimum absolute atomic E-state index is 0.00126. The van der Waals surface area contributed by atoms with Gasteiger partial charge in [-0.05, 0) is 18.2 Å². The van der Waals surface area contributed by atoms with Crippen LogP contribution in [0.2, 0.25) is 0 Å². The number of rotatable bonds is 2. The Labute approximate surface area is 114 Å². The summed E-state index contributed by atoms with van der Waals surface area (Å²) in [6.45, 7) is 0. The first-order valence-electron chi connectivity index (χ1n) is 5.83. The molecular weight excluding hydrogens is 258 g/mol. The number of hydrogen-bond acceptors (Lipinski definition) is 6. The number of hydrogen-bond donors (Lipinski definition) is 1. The summed E-state index contributed by atoms with van der Waals surface area (Å²) in [7, 11) is 1.28. The molecule has 0 fully saturated rings. The van der Waals surface area contributed by atoms with E-state index in [9.17, 15) is 4.79 Å². The minimum atomic E-state index is -0.582. The maximum Gasteiger partial charge on any atom is 0.377 e. The van der Waals surface area contributed by atoms with E-state index in [-0.39, 0.29) is 5.82 Å². The molecule has 2 aromatic heterocycles. The number of nitrogens with two attached hydrogens (primary N) is 1. The van der Waals surface area contributed by atoms with Crippen LogP contribution in [0, 0.1) is 0 Å². The molecule has 0 unspecified atom stereocenters. The van der Waals surface area contributed by atoms with Crippen LogP contribution < -0.4 is 5.73 Å². The predicted molar refractivity (Wildman–Crippen MR) is 72.4 cm³/mol. The zero-order valence-corrected chi connectivity index (χ0v) is 10.6. The SMILES string of the molecule is COC(=O)c1ncn(-c2ccc(N)c3ccncc23)n1. The number of anilines is 1. The van der Waals surface area contributed by atoms with Crippen molar-refractivity contribution in [3.63, 3.8) is 0 Å². The number of carbonyl (C=O) groups excluding carboxylic acids is 1. The maximum atomic E-state index is 11.4. The van der Waals surface area contributed by atoms with E-state index in [1.807, 2.05) is 6.07 Å². The van der Waals surface area contributed by atoms with Crippen LogP contribution >= 0.6 is 0 Å². The molecule has 2 heterocycles. The van der Waals surface area contributed by atoms with Crippen molar-refractivity contribution < 1.29 is 9.53 Å². The number of ether oxygens (including phenoxy) is 1. The number of nitrogens with zero attached hydrogens (tertiary/aromatic N) is 4. The molecule has 0 atom stereocenters. The highest BCUT2D eigenvalue weighted by molar-refractivity contribution is 5.97. The van der Waals surface area contributed by atoms with Crippen molar-refractivity contribution in [2.24, 2.45) is 0 Å². The first-order valence-corrected chi connectivity index (χ1v) is 5.83. The number of carbonyl (C=O) groups is 1. The summed E-state index contributed by atoms with van der Waals surface area (Å²) in [5.41, 5.74) is 7.32. The number of esters is 1. The van der Waals surface area contributed by atoms with Gasteiger partial charge in [0.05, 0.1) is 12.8 Å². The van der Waals surface area contributed by atoms with Crippen molar-refractivity contribution in [3.05, 3.63) is 42.7 Å². The number of pyridine rings is 1. The van der Waals surface area contributed by atoms with Gasteiger partial charge in [0.1, 0.15) is 6.33 Å². The number of fused-ring (bicyclic) bond motifs is 1. The van der Waals surface area contributed by atoms with Gasteiger partial charge in [0, 0.05) is 28.9 Å². The van der Waals surface area contributed by atoms with E-state index >= 15 is 0 Å². The summed E-state index contributed by atoms with van der Waals surface area (Å²) in [6.07, 6.45) is 4.81. The van der Waals surface area contributed by atoms with E-state index in [1.165, 1.54) is 18.1 Å². The quantitative estimate of drug-likeness (QED) is 0.554. The van der Waals surface area contributed by atoms with Crippen molar-refractivity contribution >= 4 is 22.4 Å². The Bertz CT molecular complexity index is 796. The third-order valence-corrected chi connectivity index (χ3v) is 2.94. The second-order valence-corrected chi connectivity index (χ2v) is 4.10. The van der Waals surface area contributed by atoms with E-state index in [0.717, 1.165) is 16.5 Å². The molecule has 20 heavy (non-hydrogen) atoms. The summed E-state index contributed by atoms with van der Waals surface area (Å²) in [4.78, 5) is 19.4. The van der Waals surface area contributed by atoms with Crippen LogP contribution in [0.5, 0.6) is 0 Å². The van der Waals surface area contributed by atoms with Crippen molar-refractivity contribution in [1.29, 1.82) is 0 Å². The Balaban J connectivity index is 2.17. The van der Waals surface area contributed by atoms with Gasteiger partial charge in [0.2, 0.25) is 0 Å². The fourth-order valence-corrected chi connectivity index (χ4v) is 1.96. The smallest absolute Gasteiger partial charge is 0.377 e. The highest BCUT2D eigenvalue weighted by Crippen LogP contribution is 2.25. The van der Waals surface area contributed by atoms with Crippen LogP contribution in [0.25, 0.3) is 16.5 Å². The molecule has 100 valence electrons. The molecule has 0 aliphatic rings. The molecule has 0 radical (unpaired) electrons. The highest BCUT2D eigenvalue weighted by atomic mass is 16.5. The molecule has 0 aliphatic carbocycles. The van der Waals surface area contributed by atoms with Gasteiger partial charge >= 0.3 is 5.97 Å². The fourth-order valence-electron chi connectivity index (χ4n) is 1.96. The zero-order valence-electron chi connectivity index (χ0n) is 10.6.